The number of anilines is 1. The van der Waals surface area contributed by atoms with Gasteiger partial charge in [0.1, 0.15) is 5.75 Å². The molecule has 2 saturated carbocycles. The number of aromatic nitrogens is 1. The Labute approximate surface area is 204 Å². The lowest BCUT2D eigenvalue weighted by atomic mass is 9.68. The van der Waals surface area contributed by atoms with E-state index in [9.17, 15) is 14.4 Å². The number of hydrogen-bond donors (Lipinski definition) is 1. The van der Waals surface area contributed by atoms with E-state index in [0.717, 1.165) is 27.6 Å². The molecule has 3 heterocycles. The third kappa shape index (κ3) is 2.66. The van der Waals surface area contributed by atoms with Crippen LogP contribution >= 0.6 is 23.1 Å². The normalized spacial score (nSPS) is 33.1. The number of rotatable bonds is 3. The molecule has 2 aromatic carbocycles. The number of carbonyl (C=O) groups excluding carboxylic acids is 2. The minimum absolute atomic E-state index is 0.0285. The fourth-order valence-electron chi connectivity index (χ4n) is 7.03. The number of hydrogen-bond acceptors (Lipinski definition) is 6. The molecule has 3 aromatic rings. The van der Waals surface area contributed by atoms with Crippen LogP contribution in [-0.4, -0.2) is 29.2 Å². The summed E-state index contributed by atoms with van der Waals surface area (Å²) in [5.41, 5.74) is 1.80. The number of nitrogens with zero attached hydrogens (tertiary/aromatic N) is 1. The number of thioether (sulfide) groups is 1. The maximum Gasteiger partial charge on any atom is 0.305 e. The first-order chi connectivity index (χ1) is 16.6. The molecule has 4 aliphatic rings. The SMILES string of the molecule is COc1ccc([C@H]2c3sc(=O)[nH]c3S[C@@H]3[C@@H]4C[C@H]([C@H]5C(=O)N(c6ccccc6)C(=O)[C@H]45)[C@H]23)cc1. The summed E-state index contributed by atoms with van der Waals surface area (Å²) < 4.78 is 5.36. The molecule has 34 heavy (non-hydrogen) atoms. The second-order valence-electron chi connectivity index (χ2n) is 9.58. The monoisotopic (exact) mass is 490 g/mol. The maximum atomic E-state index is 13.7. The Morgan fingerprint density at radius 3 is 2.35 bits per heavy atom. The fourth-order valence-corrected chi connectivity index (χ4v) is 9.92. The number of benzene rings is 2. The number of thiazole rings is 1. The molecule has 7 atom stereocenters. The number of fused-ring (bicyclic) bond motifs is 9. The van der Waals surface area contributed by atoms with E-state index >= 15 is 0 Å². The molecule has 1 aromatic heterocycles. The third-order valence-corrected chi connectivity index (χ3v) is 10.8. The second kappa shape index (κ2) is 7.33. The number of methoxy groups -OCH3 is 1. The molecular weight excluding hydrogens is 468 g/mol. The molecular formula is C26H22N2O4S2. The number of imide groups is 1. The molecule has 2 amide bonds. The van der Waals surface area contributed by atoms with Crippen molar-refractivity contribution in [3.63, 3.8) is 0 Å². The van der Waals surface area contributed by atoms with Crippen LogP contribution in [0.3, 0.4) is 0 Å². The van der Waals surface area contributed by atoms with Crippen molar-refractivity contribution < 1.29 is 14.3 Å². The summed E-state index contributed by atoms with van der Waals surface area (Å²) in [5.74, 6) is 0.611. The van der Waals surface area contributed by atoms with Crippen molar-refractivity contribution >= 4 is 40.6 Å². The number of H-pyrrole nitrogens is 1. The zero-order chi connectivity index (χ0) is 23.1. The highest BCUT2D eigenvalue weighted by molar-refractivity contribution is 8.00. The molecule has 0 radical (unpaired) electrons. The van der Waals surface area contributed by atoms with E-state index in [2.05, 4.69) is 17.1 Å². The van der Waals surface area contributed by atoms with Crippen LogP contribution < -0.4 is 14.5 Å². The molecule has 2 aliphatic heterocycles. The molecule has 8 heteroatoms. The van der Waals surface area contributed by atoms with E-state index in [0.29, 0.717) is 5.69 Å². The molecule has 3 fully saturated rings. The van der Waals surface area contributed by atoms with Crippen molar-refractivity contribution in [1.29, 1.82) is 0 Å². The first-order valence-corrected chi connectivity index (χ1v) is 13.2. The summed E-state index contributed by atoms with van der Waals surface area (Å²) in [7, 11) is 1.65. The summed E-state index contributed by atoms with van der Waals surface area (Å²) in [6, 6.07) is 17.4. The van der Waals surface area contributed by atoms with Crippen molar-refractivity contribution in [3.8, 4) is 5.75 Å². The average Bonchev–Trinajstić information content (AvgIpc) is 3.58. The van der Waals surface area contributed by atoms with Gasteiger partial charge in [0.2, 0.25) is 11.8 Å². The number of amides is 2. The second-order valence-corrected chi connectivity index (χ2v) is 11.8. The number of carbonyl (C=O) groups is 2. The predicted molar refractivity (Wildman–Crippen MR) is 130 cm³/mol. The van der Waals surface area contributed by atoms with Gasteiger partial charge in [0, 0.05) is 16.0 Å². The number of nitrogens with one attached hydrogen (secondary N) is 1. The molecule has 1 saturated heterocycles. The highest BCUT2D eigenvalue weighted by atomic mass is 32.2. The summed E-state index contributed by atoms with van der Waals surface area (Å²) in [4.78, 5) is 45.1. The van der Waals surface area contributed by atoms with Gasteiger partial charge in [-0.25, -0.2) is 0 Å². The van der Waals surface area contributed by atoms with E-state index in [-0.39, 0.29) is 57.4 Å². The summed E-state index contributed by atoms with van der Waals surface area (Å²) in [5, 5.41) is 1.13. The first kappa shape index (κ1) is 20.5. The van der Waals surface area contributed by atoms with E-state index < -0.39 is 0 Å². The van der Waals surface area contributed by atoms with Crippen LogP contribution in [-0.2, 0) is 9.59 Å². The molecule has 2 bridgehead atoms. The van der Waals surface area contributed by atoms with Gasteiger partial charge in [-0.2, -0.15) is 0 Å². The van der Waals surface area contributed by atoms with Crippen molar-refractivity contribution in [3.05, 3.63) is 74.7 Å². The van der Waals surface area contributed by atoms with Gasteiger partial charge < -0.3 is 9.72 Å². The molecule has 0 spiro atoms. The van der Waals surface area contributed by atoms with Crippen LogP contribution in [0.25, 0.3) is 0 Å². The van der Waals surface area contributed by atoms with Crippen molar-refractivity contribution in [2.75, 3.05) is 12.0 Å². The van der Waals surface area contributed by atoms with Gasteiger partial charge in [-0.15, -0.1) is 11.8 Å². The average molecular weight is 491 g/mol. The number of ether oxygens (including phenoxy) is 1. The summed E-state index contributed by atoms with van der Waals surface area (Å²) in [6.07, 6.45) is 0.892. The molecule has 7 rings (SSSR count). The zero-order valence-electron chi connectivity index (χ0n) is 18.3. The van der Waals surface area contributed by atoms with Gasteiger partial charge in [-0.05, 0) is 54.0 Å². The van der Waals surface area contributed by atoms with Crippen LogP contribution in [0.5, 0.6) is 5.75 Å². The van der Waals surface area contributed by atoms with Gasteiger partial charge in [0.25, 0.3) is 0 Å². The van der Waals surface area contributed by atoms with E-state index in [1.54, 1.807) is 18.9 Å². The Balaban J connectivity index is 1.33. The van der Waals surface area contributed by atoms with Gasteiger partial charge in [-0.3, -0.25) is 19.3 Å². The molecule has 2 aliphatic carbocycles. The van der Waals surface area contributed by atoms with E-state index in [4.69, 9.17) is 4.74 Å². The fraction of sp³-hybridized carbons (Fsp3) is 0.346. The van der Waals surface area contributed by atoms with E-state index in [1.165, 1.54) is 16.2 Å². The number of aromatic amines is 1. The van der Waals surface area contributed by atoms with Crippen LogP contribution in [0.2, 0.25) is 0 Å². The Morgan fingerprint density at radius 1 is 0.941 bits per heavy atom. The van der Waals surface area contributed by atoms with Crippen molar-refractivity contribution in [1.82, 2.24) is 4.98 Å². The maximum absolute atomic E-state index is 13.7. The lowest BCUT2D eigenvalue weighted by Crippen LogP contribution is -2.42. The van der Waals surface area contributed by atoms with Crippen LogP contribution in [0.1, 0.15) is 22.8 Å². The number of para-hydroxylation sites is 1. The van der Waals surface area contributed by atoms with Crippen LogP contribution in [0.15, 0.2) is 64.4 Å². The Hall–Kier alpha value is -2.84. The zero-order valence-corrected chi connectivity index (χ0v) is 20.0. The molecule has 6 nitrogen and oxygen atoms in total. The minimum Gasteiger partial charge on any atom is -0.497 e. The van der Waals surface area contributed by atoms with E-state index in [1.807, 2.05) is 42.5 Å². The molecule has 0 unspecified atom stereocenters. The van der Waals surface area contributed by atoms with Gasteiger partial charge >= 0.3 is 4.87 Å². The first-order valence-electron chi connectivity index (χ1n) is 11.5. The lowest BCUT2D eigenvalue weighted by Gasteiger charge is -2.43. The van der Waals surface area contributed by atoms with Gasteiger partial charge in [-0.1, -0.05) is 41.7 Å². The quantitative estimate of drug-likeness (QED) is 0.559. The topological polar surface area (TPSA) is 79.5 Å². The summed E-state index contributed by atoms with van der Waals surface area (Å²) >= 11 is 2.99. The predicted octanol–water partition coefficient (Wildman–Crippen LogP) is 4.12. The van der Waals surface area contributed by atoms with Crippen LogP contribution in [0, 0.1) is 29.6 Å². The van der Waals surface area contributed by atoms with Gasteiger partial charge in [0.05, 0.1) is 29.7 Å². The molecule has 172 valence electrons. The standard InChI is InChI=1S/C26H22N2O4S2/c1-32-14-9-7-12(8-10-14)17-18-15-11-16(21(18)33-23-22(17)34-26(31)27-23)20-19(15)24(29)28(25(20)30)13-5-3-2-4-6-13/h2-10,15-21H,11H2,1H3,(H,27,31)/t15-,16+,17+,18+,19+,20+,21+/m0/s1. The Kier molecular flexibility index (Phi) is 4.42. The highest BCUT2D eigenvalue weighted by Gasteiger charge is 2.69. The smallest absolute Gasteiger partial charge is 0.305 e. The van der Waals surface area contributed by atoms with Crippen molar-refractivity contribution in [2.24, 2.45) is 29.6 Å². The van der Waals surface area contributed by atoms with Crippen LogP contribution in [0.4, 0.5) is 5.69 Å². The van der Waals surface area contributed by atoms with Gasteiger partial charge in [0.15, 0.2) is 0 Å². The minimum atomic E-state index is -0.280. The highest BCUT2D eigenvalue weighted by Crippen LogP contribution is 2.68. The largest absolute Gasteiger partial charge is 0.497 e. The Bertz CT molecular complexity index is 1370. The third-order valence-electron chi connectivity index (χ3n) is 8.21. The Morgan fingerprint density at radius 2 is 1.65 bits per heavy atom. The summed E-state index contributed by atoms with van der Waals surface area (Å²) in [6.45, 7) is 0. The van der Waals surface area contributed by atoms with Crippen molar-refractivity contribution in [2.45, 2.75) is 22.6 Å². The lowest BCUT2D eigenvalue weighted by molar-refractivity contribution is -0.123. The molecule has 1 N–H and O–H groups in total.